The van der Waals surface area contributed by atoms with Crippen molar-refractivity contribution >= 4 is 0 Å². The summed E-state index contributed by atoms with van der Waals surface area (Å²) in [5, 5.41) is 0. The first-order chi connectivity index (χ1) is 10.9. The molecule has 23 heavy (non-hydrogen) atoms. The van der Waals surface area contributed by atoms with Crippen LogP contribution in [0, 0.1) is 22.7 Å². The van der Waals surface area contributed by atoms with Crippen LogP contribution in [0.4, 0.5) is 0 Å². The maximum atomic E-state index is 2.59. The van der Waals surface area contributed by atoms with Gasteiger partial charge in [0.2, 0.25) is 0 Å². The normalized spacial score (nSPS) is 32.7. The Morgan fingerprint density at radius 3 is 2.30 bits per heavy atom. The van der Waals surface area contributed by atoms with E-state index in [-0.39, 0.29) is 0 Å². The minimum atomic E-state index is 0.471. The first-order valence-electron chi connectivity index (χ1n) is 9.92. The summed E-state index contributed by atoms with van der Waals surface area (Å²) in [6.07, 6.45) is 11.0. The second-order valence-corrected chi connectivity index (χ2v) is 9.24. The molecule has 0 heteroatoms. The Hall–Kier alpha value is -0.780. The maximum absolute atomic E-state index is 2.59. The van der Waals surface area contributed by atoms with Crippen molar-refractivity contribution in [2.75, 3.05) is 0 Å². The number of hydrogen-bond donors (Lipinski definition) is 0. The Bertz CT molecular complexity index is 462. The van der Waals surface area contributed by atoms with Crippen LogP contribution in [0.25, 0.3) is 0 Å². The van der Waals surface area contributed by atoms with Gasteiger partial charge < -0.3 is 0 Å². The third kappa shape index (κ3) is 5.37. The van der Waals surface area contributed by atoms with Crippen LogP contribution >= 0.6 is 0 Å². The second kappa shape index (κ2) is 7.86. The smallest absolute Gasteiger partial charge is 0.0224 e. The van der Waals surface area contributed by atoms with Crippen LogP contribution in [0.15, 0.2) is 30.3 Å². The molecule has 0 nitrogen and oxygen atoms in total. The molecule has 1 aliphatic carbocycles. The molecule has 0 aliphatic heterocycles. The minimum Gasteiger partial charge on any atom is -0.0654 e. The van der Waals surface area contributed by atoms with E-state index in [0.717, 1.165) is 11.8 Å². The van der Waals surface area contributed by atoms with Crippen molar-refractivity contribution in [2.24, 2.45) is 22.7 Å². The van der Waals surface area contributed by atoms with Crippen LogP contribution < -0.4 is 0 Å². The number of benzene rings is 1. The molecule has 1 fully saturated rings. The van der Waals surface area contributed by atoms with Crippen molar-refractivity contribution in [1.82, 2.24) is 0 Å². The highest BCUT2D eigenvalue weighted by Crippen LogP contribution is 2.53. The first-order valence-corrected chi connectivity index (χ1v) is 9.92. The zero-order chi connectivity index (χ0) is 16.9. The lowest BCUT2D eigenvalue weighted by Crippen LogP contribution is -2.39. The molecule has 0 saturated heterocycles. The van der Waals surface area contributed by atoms with Crippen LogP contribution in [0.2, 0.25) is 0 Å². The van der Waals surface area contributed by atoms with Crippen LogP contribution in [-0.2, 0) is 6.42 Å². The van der Waals surface area contributed by atoms with E-state index in [9.17, 15) is 0 Å². The molecular formula is C23H38. The highest BCUT2D eigenvalue weighted by atomic mass is 14.5. The van der Waals surface area contributed by atoms with Gasteiger partial charge in [-0.2, -0.15) is 0 Å². The van der Waals surface area contributed by atoms with Gasteiger partial charge in [-0.25, -0.2) is 0 Å². The lowest BCUT2D eigenvalue weighted by atomic mass is 9.56. The van der Waals surface area contributed by atoms with Gasteiger partial charge in [0, 0.05) is 0 Å². The molecule has 0 amide bonds. The van der Waals surface area contributed by atoms with E-state index in [1.807, 2.05) is 0 Å². The topological polar surface area (TPSA) is 0 Å². The lowest BCUT2D eigenvalue weighted by Gasteiger charge is -2.49. The third-order valence-electron chi connectivity index (χ3n) is 6.07. The summed E-state index contributed by atoms with van der Waals surface area (Å²) in [5.41, 5.74) is 2.53. The Morgan fingerprint density at radius 1 is 1.04 bits per heavy atom. The van der Waals surface area contributed by atoms with Crippen LogP contribution in [0.1, 0.15) is 85.1 Å². The zero-order valence-corrected chi connectivity index (χ0v) is 16.2. The molecule has 1 saturated carbocycles. The fraction of sp³-hybridized carbons (Fsp3) is 0.739. The van der Waals surface area contributed by atoms with Gasteiger partial charge in [-0.15, -0.1) is 0 Å². The highest BCUT2D eigenvalue weighted by molar-refractivity contribution is 5.17. The quantitative estimate of drug-likeness (QED) is 0.496. The van der Waals surface area contributed by atoms with E-state index >= 15 is 0 Å². The lowest BCUT2D eigenvalue weighted by molar-refractivity contribution is 0.0283. The minimum absolute atomic E-state index is 0.471. The van der Waals surface area contributed by atoms with Crippen LogP contribution in [0.3, 0.4) is 0 Å². The molecule has 1 aromatic carbocycles. The van der Waals surface area contributed by atoms with Gasteiger partial charge in [0.05, 0.1) is 0 Å². The standard InChI is InChI=1S/C23H38/c1-6-11-20(7-2)16-22(4)14-19(3)15-23(5,18-22)17-21-12-9-8-10-13-21/h8-10,12-13,19-20H,6-7,11,14-18H2,1-5H3. The fourth-order valence-electron chi connectivity index (χ4n) is 5.86. The van der Waals surface area contributed by atoms with E-state index < -0.39 is 0 Å². The summed E-state index contributed by atoms with van der Waals surface area (Å²) in [5.74, 6) is 1.79. The molecule has 0 aromatic heterocycles. The SMILES string of the molecule is CCCC(CC)CC1(C)CC(C)CC(C)(Cc2ccccc2)C1. The fourth-order valence-corrected chi connectivity index (χ4v) is 5.86. The molecular weight excluding hydrogens is 276 g/mol. The van der Waals surface area contributed by atoms with E-state index in [1.54, 1.807) is 0 Å². The number of hydrogen-bond acceptors (Lipinski definition) is 0. The van der Waals surface area contributed by atoms with Gasteiger partial charge in [-0.05, 0) is 60.3 Å². The zero-order valence-electron chi connectivity index (χ0n) is 16.2. The maximum Gasteiger partial charge on any atom is -0.0224 e. The van der Waals surface area contributed by atoms with E-state index in [2.05, 4.69) is 65.0 Å². The Labute approximate surface area is 145 Å². The second-order valence-electron chi connectivity index (χ2n) is 9.24. The van der Waals surface area contributed by atoms with Crippen LogP contribution in [0.5, 0.6) is 0 Å². The molecule has 0 spiro atoms. The van der Waals surface area contributed by atoms with Gasteiger partial charge in [-0.1, -0.05) is 84.2 Å². The summed E-state index contributed by atoms with van der Waals surface area (Å²) in [6.45, 7) is 12.4. The monoisotopic (exact) mass is 314 g/mol. The van der Waals surface area contributed by atoms with E-state index in [0.29, 0.717) is 10.8 Å². The molecule has 0 radical (unpaired) electrons. The van der Waals surface area contributed by atoms with Crippen molar-refractivity contribution in [1.29, 1.82) is 0 Å². The molecule has 2 rings (SSSR count). The highest BCUT2D eigenvalue weighted by Gasteiger charge is 2.42. The average molecular weight is 315 g/mol. The van der Waals surface area contributed by atoms with E-state index in [1.165, 1.54) is 56.9 Å². The Morgan fingerprint density at radius 2 is 1.70 bits per heavy atom. The largest absolute Gasteiger partial charge is 0.0654 e. The molecule has 4 unspecified atom stereocenters. The van der Waals surface area contributed by atoms with Gasteiger partial charge in [0.1, 0.15) is 0 Å². The summed E-state index contributed by atoms with van der Waals surface area (Å²) >= 11 is 0. The summed E-state index contributed by atoms with van der Waals surface area (Å²) in [4.78, 5) is 0. The Kier molecular flexibility index (Phi) is 6.34. The third-order valence-corrected chi connectivity index (χ3v) is 6.07. The molecule has 1 aliphatic rings. The molecule has 0 heterocycles. The van der Waals surface area contributed by atoms with Gasteiger partial charge in [-0.3, -0.25) is 0 Å². The predicted octanol–water partition coefficient (Wildman–Crippen LogP) is 7.28. The summed E-state index contributed by atoms with van der Waals surface area (Å²) < 4.78 is 0. The molecule has 0 bridgehead atoms. The first kappa shape index (κ1) is 18.6. The van der Waals surface area contributed by atoms with Crippen molar-refractivity contribution in [3.8, 4) is 0 Å². The van der Waals surface area contributed by atoms with Crippen molar-refractivity contribution in [3.63, 3.8) is 0 Å². The van der Waals surface area contributed by atoms with Crippen molar-refractivity contribution in [2.45, 2.75) is 86.0 Å². The average Bonchev–Trinajstić information content (AvgIpc) is 2.45. The Balaban J connectivity index is 2.10. The van der Waals surface area contributed by atoms with Gasteiger partial charge in [0.25, 0.3) is 0 Å². The van der Waals surface area contributed by atoms with Crippen molar-refractivity contribution in [3.05, 3.63) is 35.9 Å². The molecule has 130 valence electrons. The van der Waals surface area contributed by atoms with Gasteiger partial charge in [0.15, 0.2) is 0 Å². The van der Waals surface area contributed by atoms with Crippen LogP contribution in [-0.4, -0.2) is 0 Å². The summed E-state index contributed by atoms with van der Waals surface area (Å²) in [6, 6.07) is 11.1. The molecule has 0 N–H and O–H groups in total. The number of rotatable bonds is 7. The van der Waals surface area contributed by atoms with Crippen molar-refractivity contribution < 1.29 is 0 Å². The van der Waals surface area contributed by atoms with Gasteiger partial charge >= 0.3 is 0 Å². The van der Waals surface area contributed by atoms with E-state index in [4.69, 9.17) is 0 Å². The molecule has 4 atom stereocenters. The predicted molar refractivity (Wildman–Crippen MR) is 103 cm³/mol. The summed E-state index contributed by atoms with van der Waals surface area (Å²) in [7, 11) is 0. The molecule has 1 aromatic rings.